The predicted molar refractivity (Wildman–Crippen MR) is 107 cm³/mol. The first-order valence-corrected chi connectivity index (χ1v) is 9.82. The van der Waals surface area contributed by atoms with E-state index in [1.54, 1.807) is 36.1 Å². The van der Waals surface area contributed by atoms with Crippen LogP contribution in [0.25, 0.3) is 11.4 Å². The Morgan fingerprint density at radius 3 is 2.50 bits per heavy atom. The first-order valence-electron chi connectivity index (χ1n) is 9.82. The molecular weight excluding hydrogens is 390 g/mol. The summed E-state index contributed by atoms with van der Waals surface area (Å²) in [5.41, 5.74) is 1.30. The molecule has 6 nitrogen and oxygen atoms in total. The zero-order chi connectivity index (χ0) is 21.3. The molecule has 0 saturated carbocycles. The van der Waals surface area contributed by atoms with Gasteiger partial charge in [0.2, 0.25) is 11.7 Å². The van der Waals surface area contributed by atoms with Crippen molar-refractivity contribution in [1.82, 2.24) is 19.9 Å². The van der Waals surface area contributed by atoms with E-state index in [-0.39, 0.29) is 23.3 Å². The van der Waals surface area contributed by atoms with Crippen molar-refractivity contribution in [2.45, 2.75) is 19.9 Å². The second-order valence-electron chi connectivity index (χ2n) is 7.40. The third-order valence-corrected chi connectivity index (χ3v) is 5.47. The molecule has 1 aliphatic heterocycles. The van der Waals surface area contributed by atoms with Gasteiger partial charge in [-0.25, -0.2) is 8.78 Å². The van der Waals surface area contributed by atoms with Crippen LogP contribution in [-0.4, -0.2) is 52.0 Å². The van der Waals surface area contributed by atoms with E-state index in [9.17, 15) is 13.6 Å². The van der Waals surface area contributed by atoms with Gasteiger partial charge in [0.15, 0.2) is 0 Å². The molecule has 0 N–H and O–H groups in total. The molecule has 1 unspecified atom stereocenters. The molecule has 1 fully saturated rings. The number of piperazine rings is 1. The molecule has 156 valence electrons. The lowest BCUT2D eigenvalue weighted by Crippen LogP contribution is -2.49. The van der Waals surface area contributed by atoms with Crippen LogP contribution in [0.2, 0.25) is 0 Å². The highest BCUT2D eigenvalue weighted by molar-refractivity contribution is 5.94. The van der Waals surface area contributed by atoms with Crippen LogP contribution in [0.5, 0.6) is 0 Å². The van der Waals surface area contributed by atoms with Crippen LogP contribution < -0.4 is 0 Å². The highest BCUT2D eigenvalue weighted by atomic mass is 19.1. The molecule has 1 saturated heterocycles. The number of aromatic nitrogens is 2. The molecule has 0 spiro atoms. The van der Waals surface area contributed by atoms with Crippen LogP contribution in [0.4, 0.5) is 8.78 Å². The van der Waals surface area contributed by atoms with Crippen molar-refractivity contribution in [3.05, 3.63) is 71.1 Å². The van der Waals surface area contributed by atoms with Crippen LogP contribution in [0.15, 0.2) is 47.0 Å². The van der Waals surface area contributed by atoms with Crippen molar-refractivity contribution in [2.24, 2.45) is 0 Å². The van der Waals surface area contributed by atoms with Gasteiger partial charge in [0, 0.05) is 31.7 Å². The minimum atomic E-state index is -0.507. The fourth-order valence-corrected chi connectivity index (χ4v) is 3.58. The molecule has 0 aliphatic carbocycles. The summed E-state index contributed by atoms with van der Waals surface area (Å²) in [6, 6.07) is 10.6. The van der Waals surface area contributed by atoms with E-state index in [0.717, 1.165) is 0 Å². The predicted octanol–water partition coefficient (Wildman–Crippen LogP) is 3.84. The molecule has 8 heteroatoms. The van der Waals surface area contributed by atoms with E-state index in [1.165, 1.54) is 18.2 Å². The maximum absolute atomic E-state index is 13.9. The van der Waals surface area contributed by atoms with E-state index in [4.69, 9.17) is 4.52 Å². The molecule has 0 radical (unpaired) electrons. The topological polar surface area (TPSA) is 62.5 Å². The summed E-state index contributed by atoms with van der Waals surface area (Å²) in [4.78, 5) is 20.8. The van der Waals surface area contributed by atoms with E-state index < -0.39 is 5.82 Å². The van der Waals surface area contributed by atoms with Crippen LogP contribution >= 0.6 is 0 Å². The average Bonchev–Trinajstić information content (AvgIpc) is 3.25. The molecule has 3 aromatic rings. The van der Waals surface area contributed by atoms with Gasteiger partial charge in [-0.05, 0) is 49.7 Å². The number of carbonyl (C=O) groups excluding carboxylic acids is 1. The van der Waals surface area contributed by atoms with Gasteiger partial charge in [-0.2, -0.15) is 4.98 Å². The van der Waals surface area contributed by atoms with Crippen LogP contribution in [0.3, 0.4) is 0 Å². The van der Waals surface area contributed by atoms with Crippen LogP contribution in [0, 0.1) is 18.6 Å². The third-order valence-electron chi connectivity index (χ3n) is 5.47. The number of carbonyl (C=O) groups is 1. The van der Waals surface area contributed by atoms with E-state index in [1.807, 2.05) is 6.92 Å². The van der Waals surface area contributed by atoms with Crippen LogP contribution in [0.1, 0.15) is 34.8 Å². The van der Waals surface area contributed by atoms with E-state index >= 15 is 0 Å². The van der Waals surface area contributed by atoms with E-state index in [2.05, 4.69) is 15.0 Å². The standard InChI is InChI=1S/C22H22F2N4O2/c1-14-13-16(7-8-18(14)23)20-25-21(30-26-20)15(2)27-9-11-28(12-10-27)22(29)17-5-3-4-6-19(17)24/h3-8,13,15H,9-12H2,1-2H3. The molecule has 2 aromatic carbocycles. The fraction of sp³-hybridized carbons (Fsp3) is 0.318. The lowest BCUT2D eigenvalue weighted by Gasteiger charge is -2.36. The van der Waals surface area contributed by atoms with Crippen molar-refractivity contribution in [3.8, 4) is 11.4 Å². The summed E-state index contributed by atoms with van der Waals surface area (Å²) in [7, 11) is 0. The number of amides is 1. The molecule has 4 rings (SSSR count). The Balaban J connectivity index is 1.40. The molecule has 0 bridgehead atoms. The van der Waals surface area contributed by atoms with Gasteiger partial charge in [-0.15, -0.1) is 0 Å². The highest BCUT2D eigenvalue weighted by Crippen LogP contribution is 2.25. The zero-order valence-electron chi connectivity index (χ0n) is 16.8. The summed E-state index contributed by atoms with van der Waals surface area (Å²) >= 11 is 0. The molecule has 30 heavy (non-hydrogen) atoms. The first kappa shape index (κ1) is 20.2. The van der Waals surface area contributed by atoms with Gasteiger partial charge in [0.25, 0.3) is 5.91 Å². The molecule has 1 aliphatic rings. The monoisotopic (exact) mass is 412 g/mol. The summed E-state index contributed by atoms with van der Waals surface area (Å²) < 4.78 is 32.8. The Kier molecular flexibility index (Phi) is 5.59. The van der Waals surface area contributed by atoms with Crippen molar-refractivity contribution in [2.75, 3.05) is 26.2 Å². The third kappa shape index (κ3) is 3.95. The Labute approximate surface area is 173 Å². The van der Waals surface area contributed by atoms with Crippen molar-refractivity contribution in [1.29, 1.82) is 0 Å². The second-order valence-corrected chi connectivity index (χ2v) is 7.40. The van der Waals surface area contributed by atoms with Crippen LogP contribution in [-0.2, 0) is 0 Å². The minimum Gasteiger partial charge on any atom is -0.337 e. The number of hydrogen-bond acceptors (Lipinski definition) is 5. The summed E-state index contributed by atoms with van der Waals surface area (Å²) in [5, 5.41) is 4.02. The Morgan fingerprint density at radius 1 is 1.07 bits per heavy atom. The number of halogens is 2. The number of aryl methyl sites for hydroxylation is 1. The number of benzene rings is 2. The lowest BCUT2D eigenvalue weighted by atomic mass is 10.1. The van der Waals surface area contributed by atoms with Gasteiger partial charge >= 0.3 is 0 Å². The van der Waals surface area contributed by atoms with Crippen molar-refractivity contribution < 1.29 is 18.1 Å². The van der Waals surface area contributed by atoms with Crippen molar-refractivity contribution >= 4 is 5.91 Å². The SMILES string of the molecule is Cc1cc(-c2noc(C(C)N3CCN(C(=O)c4ccccc4F)CC3)n2)ccc1F. The summed E-state index contributed by atoms with van der Waals surface area (Å²) in [6.45, 7) is 5.82. The number of hydrogen-bond donors (Lipinski definition) is 0. The molecule has 1 amide bonds. The molecule has 1 aromatic heterocycles. The normalized spacial score (nSPS) is 15.9. The number of rotatable bonds is 4. The average molecular weight is 412 g/mol. The van der Waals surface area contributed by atoms with Gasteiger partial charge in [-0.1, -0.05) is 17.3 Å². The van der Waals surface area contributed by atoms with Gasteiger partial charge in [-0.3, -0.25) is 9.69 Å². The first-order chi connectivity index (χ1) is 14.4. The minimum absolute atomic E-state index is 0.0927. The van der Waals surface area contributed by atoms with Gasteiger partial charge in [0.05, 0.1) is 11.6 Å². The molecule has 2 heterocycles. The smallest absolute Gasteiger partial charge is 0.256 e. The molecule has 1 atom stereocenters. The summed E-state index contributed by atoms with van der Waals surface area (Å²) in [6.07, 6.45) is 0. The fourth-order valence-electron chi connectivity index (χ4n) is 3.58. The lowest BCUT2D eigenvalue weighted by molar-refractivity contribution is 0.0547. The maximum atomic E-state index is 13.9. The Morgan fingerprint density at radius 2 is 1.80 bits per heavy atom. The number of nitrogens with zero attached hydrogens (tertiary/aromatic N) is 4. The highest BCUT2D eigenvalue weighted by Gasteiger charge is 2.29. The second kappa shape index (κ2) is 8.31. The summed E-state index contributed by atoms with van der Waals surface area (Å²) in [5.74, 6) is -0.215. The van der Waals surface area contributed by atoms with Crippen molar-refractivity contribution in [3.63, 3.8) is 0 Å². The van der Waals surface area contributed by atoms with E-state index in [0.29, 0.717) is 49.0 Å². The van der Waals surface area contributed by atoms with Gasteiger partial charge in [0.1, 0.15) is 11.6 Å². The zero-order valence-corrected chi connectivity index (χ0v) is 16.8. The quantitative estimate of drug-likeness (QED) is 0.652. The Bertz CT molecular complexity index is 1060. The largest absolute Gasteiger partial charge is 0.337 e. The maximum Gasteiger partial charge on any atom is 0.256 e. The Hall–Kier alpha value is -3.13. The van der Waals surface area contributed by atoms with Gasteiger partial charge < -0.3 is 9.42 Å². The molecular formula is C22H22F2N4O2.